The minimum atomic E-state index is 0.628. The SMILES string of the molecule is CCN(CCNC(C)C(C)C)CC(C)C. The summed E-state index contributed by atoms with van der Waals surface area (Å²) in [5.41, 5.74) is 0. The molecule has 1 unspecified atom stereocenters. The maximum atomic E-state index is 3.58. The molecule has 0 rings (SSSR count). The lowest BCUT2D eigenvalue weighted by Gasteiger charge is -2.24. The predicted molar refractivity (Wildman–Crippen MR) is 69.3 cm³/mol. The van der Waals surface area contributed by atoms with Crippen LogP contribution in [-0.2, 0) is 0 Å². The molecule has 0 fully saturated rings. The van der Waals surface area contributed by atoms with Gasteiger partial charge in [-0.1, -0.05) is 34.6 Å². The Kier molecular flexibility index (Phi) is 8.07. The van der Waals surface area contributed by atoms with Gasteiger partial charge in [-0.25, -0.2) is 0 Å². The third kappa shape index (κ3) is 7.80. The summed E-state index contributed by atoms with van der Waals surface area (Å²) in [5.74, 6) is 1.50. The lowest BCUT2D eigenvalue weighted by molar-refractivity contribution is 0.249. The summed E-state index contributed by atoms with van der Waals surface area (Å²) in [5, 5.41) is 3.58. The van der Waals surface area contributed by atoms with E-state index >= 15 is 0 Å². The largest absolute Gasteiger partial charge is 0.313 e. The maximum Gasteiger partial charge on any atom is 0.0107 e. The molecule has 0 aliphatic carbocycles. The van der Waals surface area contributed by atoms with Gasteiger partial charge in [0.1, 0.15) is 0 Å². The van der Waals surface area contributed by atoms with Crippen molar-refractivity contribution in [1.29, 1.82) is 0 Å². The molecule has 1 N–H and O–H groups in total. The highest BCUT2D eigenvalue weighted by molar-refractivity contribution is 4.66. The van der Waals surface area contributed by atoms with Gasteiger partial charge in [-0.15, -0.1) is 0 Å². The normalized spacial score (nSPS) is 14.2. The second kappa shape index (κ2) is 8.12. The van der Waals surface area contributed by atoms with E-state index in [1.165, 1.54) is 13.1 Å². The summed E-state index contributed by atoms with van der Waals surface area (Å²) in [6.45, 7) is 18.3. The van der Waals surface area contributed by atoms with Crippen LogP contribution in [0.3, 0.4) is 0 Å². The fraction of sp³-hybridized carbons (Fsp3) is 1.00. The van der Waals surface area contributed by atoms with Crippen LogP contribution in [0.25, 0.3) is 0 Å². The van der Waals surface area contributed by atoms with Gasteiger partial charge in [-0.05, 0) is 25.3 Å². The Labute approximate surface area is 96.4 Å². The molecule has 0 aromatic carbocycles. The van der Waals surface area contributed by atoms with Gasteiger partial charge in [0, 0.05) is 25.7 Å². The molecule has 0 bridgehead atoms. The van der Waals surface area contributed by atoms with Crippen molar-refractivity contribution in [3.8, 4) is 0 Å². The van der Waals surface area contributed by atoms with Crippen molar-refractivity contribution in [1.82, 2.24) is 10.2 Å². The molecule has 1 atom stereocenters. The van der Waals surface area contributed by atoms with Gasteiger partial charge >= 0.3 is 0 Å². The molecule has 92 valence electrons. The van der Waals surface area contributed by atoms with E-state index in [-0.39, 0.29) is 0 Å². The minimum absolute atomic E-state index is 0.628. The standard InChI is InChI=1S/C13H30N2/c1-7-15(10-11(2)3)9-8-14-13(6)12(4)5/h11-14H,7-10H2,1-6H3. The van der Waals surface area contributed by atoms with Gasteiger partial charge in [-0.2, -0.15) is 0 Å². The topological polar surface area (TPSA) is 15.3 Å². The summed E-state index contributed by atoms with van der Waals surface area (Å²) in [7, 11) is 0. The number of nitrogens with zero attached hydrogens (tertiary/aromatic N) is 1. The summed E-state index contributed by atoms with van der Waals surface area (Å²) >= 11 is 0. The molecule has 15 heavy (non-hydrogen) atoms. The zero-order valence-corrected chi connectivity index (χ0v) is 11.5. The van der Waals surface area contributed by atoms with Crippen molar-refractivity contribution in [3.05, 3.63) is 0 Å². The van der Waals surface area contributed by atoms with E-state index in [0.29, 0.717) is 6.04 Å². The zero-order chi connectivity index (χ0) is 11.8. The van der Waals surface area contributed by atoms with Gasteiger partial charge < -0.3 is 10.2 Å². The first-order valence-corrected chi connectivity index (χ1v) is 6.43. The molecular weight excluding hydrogens is 184 g/mol. The molecule has 0 aromatic rings. The number of likely N-dealkylation sites (N-methyl/N-ethyl adjacent to an activating group) is 1. The first-order chi connectivity index (χ1) is 6.97. The van der Waals surface area contributed by atoms with E-state index in [2.05, 4.69) is 51.8 Å². The Bertz CT molecular complexity index is 143. The third-order valence-electron chi connectivity index (χ3n) is 2.96. The molecule has 0 heterocycles. The highest BCUT2D eigenvalue weighted by atomic mass is 15.1. The average Bonchev–Trinajstić information content (AvgIpc) is 2.15. The number of rotatable bonds is 8. The van der Waals surface area contributed by atoms with Crippen LogP contribution in [0.1, 0.15) is 41.5 Å². The van der Waals surface area contributed by atoms with Crippen molar-refractivity contribution >= 4 is 0 Å². The summed E-state index contributed by atoms with van der Waals surface area (Å²) < 4.78 is 0. The molecule has 2 nitrogen and oxygen atoms in total. The molecule has 0 amide bonds. The molecule has 0 aromatic heterocycles. The molecule has 0 saturated carbocycles. The maximum absolute atomic E-state index is 3.58. The fourth-order valence-electron chi connectivity index (χ4n) is 1.58. The monoisotopic (exact) mass is 214 g/mol. The first kappa shape index (κ1) is 14.9. The van der Waals surface area contributed by atoms with Crippen LogP contribution in [0.2, 0.25) is 0 Å². The molecule has 0 saturated heterocycles. The second-order valence-electron chi connectivity index (χ2n) is 5.27. The first-order valence-electron chi connectivity index (χ1n) is 6.43. The molecular formula is C13H30N2. The summed E-state index contributed by atoms with van der Waals surface area (Å²) in [6.07, 6.45) is 0. The molecule has 0 radical (unpaired) electrons. The summed E-state index contributed by atoms with van der Waals surface area (Å²) in [4.78, 5) is 2.52. The lowest BCUT2D eigenvalue weighted by Crippen LogP contribution is -2.39. The van der Waals surface area contributed by atoms with E-state index in [9.17, 15) is 0 Å². The molecule has 2 heteroatoms. The van der Waals surface area contributed by atoms with Crippen molar-refractivity contribution in [2.45, 2.75) is 47.6 Å². The number of hydrogen-bond acceptors (Lipinski definition) is 2. The Morgan fingerprint density at radius 1 is 1.07 bits per heavy atom. The van der Waals surface area contributed by atoms with Gasteiger partial charge in [0.25, 0.3) is 0 Å². The van der Waals surface area contributed by atoms with E-state index < -0.39 is 0 Å². The molecule has 0 spiro atoms. The summed E-state index contributed by atoms with van der Waals surface area (Å²) in [6, 6.07) is 0.628. The van der Waals surface area contributed by atoms with Crippen LogP contribution >= 0.6 is 0 Å². The Morgan fingerprint density at radius 2 is 1.67 bits per heavy atom. The second-order valence-corrected chi connectivity index (χ2v) is 5.27. The Balaban J connectivity index is 3.63. The third-order valence-corrected chi connectivity index (χ3v) is 2.96. The van der Waals surface area contributed by atoms with E-state index in [4.69, 9.17) is 0 Å². The van der Waals surface area contributed by atoms with Gasteiger partial charge in [0.05, 0.1) is 0 Å². The minimum Gasteiger partial charge on any atom is -0.313 e. The van der Waals surface area contributed by atoms with Crippen LogP contribution in [-0.4, -0.2) is 37.1 Å². The molecule has 0 aliphatic rings. The van der Waals surface area contributed by atoms with Gasteiger partial charge in [0.2, 0.25) is 0 Å². The van der Waals surface area contributed by atoms with Crippen molar-refractivity contribution in [2.75, 3.05) is 26.2 Å². The predicted octanol–water partition coefficient (Wildman–Crippen LogP) is 2.60. The molecule has 0 aliphatic heterocycles. The van der Waals surface area contributed by atoms with E-state index in [1.54, 1.807) is 0 Å². The van der Waals surface area contributed by atoms with Gasteiger partial charge in [-0.3, -0.25) is 0 Å². The quantitative estimate of drug-likeness (QED) is 0.668. The van der Waals surface area contributed by atoms with Crippen LogP contribution < -0.4 is 5.32 Å². The van der Waals surface area contributed by atoms with Crippen molar-refractivity contribution in [2.24, 2.45) is 11.8 Å². The zero-order valence-electron chi connectivity index (χ0n) is 11.5. The number of hydrogen-bond donors (Lipinski definition) is 1. The van der Waals surface area contributed by atoms with Crippen molar-refractivity contribution < 1.29 is 0 Å². The fourth-order valence-corrected chi connectivity index (χ4v) is 1.58. The highest BCUT2D eigenvalue weighted by Crippen LogP contribution is 2.00. The van der Waals surface area contributed by atoms with Crippen LogP contribution in [0, 0.1) is 11.8 Å². The van der Waals surface area contributed by atoms with Crippen LogP contribution in [0.4, 0.5) is 0 Å². The Hall–Kier alpha value is -0.0800. The highest BCUT2D eigenvalue weighted by Gasteiger charge is 2.07. The van der Waals surface area contributed by atoms with E-state index in [1.807, 2.05) is 0 Å². The van der Waals surface area contributed by atoms with Gasteiger partial charge in [0.15, 0.2) is 0 Å². The van der Waals surface area contributed by atoms with Crippen molar-refractivity contribution in [3.63, 3.8) is 0 Å². The Morgan fingerprint density at radius 3 is 2.07 bits per heavy atom. The van der Waals surface area contributed by atoms with E-state index in [0.717, 1.165) is 24.9 Å². The lowest BCUT2D eigenvalue weighted by atomic mass is 10.1. The van der Waals surface area contributed by atoms with Crippen LogP contribution in [0.15, 0.2) is 0 Å². The average molecular weight is 214 g/mol. The number of nitrogens with one attached hydrogen (secondary N) is 1. The smallest absolute Gasteiger partial charge is 0.0107 e. The van der Waals surface area contributed by atoms with Crippen LogP contribution in [0.5, 0.6) is 0 Å².